The molecule has 1 atom stereocenters. The third-order valence-electron chi connectivity index (χ3n) is 4.11. The summed E-state index contributed by atoms with van der Waals surface area (Å²) in [4.78, 5) is 0. The number of benzene rings is 2. The molecule has 0 fully saturated rings. The van der Waals surface area contributed by atoms with Crippen molar-refractivity contribution < 1.29 is 13.6 Å². The van der Waals surface area contributed by atoms with Gasteiger partial charge in [-0.15, -0.1) is 20.4 Å². The Morgan fingerprint density at radius 1 is 0.821 bits per heavy atom. The number of aromatic nitrogens is 4. The van der Waals surface area contributed by atoms with Gasteiger partial charge in [0.1, 0.15) is 5.75 Å². The largest absolute Gasteiger partial charge is 0.497 e. The normalized spacial score (nSPS) is 12.1. The van der Waals surface area contributed by atoms with E-state index in [2.05, 4.69) is 20.4 Å². The maximum Gasteiger partial charge on any atom is 0.277 e. The predicted octanol–water partition coefficient (Wildman–Crippen LogP) is 4.96. The molecular formula is C20H18N4O3S. The van der Waals surface area contributed by atoms with Crippen molar-refractivity contribution in [2.75, 3.05) is 7.11 Å². The average Bonchev–Trinajstić information content (AvgIpc) is 3.39. The summed E-state index contributed by atoms with van der Waals surface area (Å²) in [5, 5.41) is 16.8. The number of rotatable bonds is 6. The molecule has 0 spiro atoms. The Kier molecular flexibility index (Phi) is 5.12. The molecule has 2 heterocycles. The second-order valence-corrected chi connectivity index (χ2v) is 7.47. The molecule has 0 saturated heterocycles. The van der Waals surface area contributed by atoms with Crippen molar-refractivity contribution in [2.24, 2.45) is 0 Å². The van der Waals surface area contributed by atoms with Crippen LogP contribution in [0.5, 0.6) is 5.75 Å². The fourth-order valence-electron chi connectivity index (χ4n) is 2.52. The number of ether oxygens (including phenoxy) is 1. The van der Waals surface area contributed by atoms with Gasteiger partial charge in [0.05, 0.1) is 12.4 Å². The summed E-state index contributed by atoms with van der Waals surface area (Å²) >= 11 is 1.37. The molecule has 0 aliphatic heterocycles. The highest BCUT2D eigenvalue weighted by molar-refractivity contribution is 7.99. The van der Waals surface area contributed by atoms with Gasteiger partial charge in [0.15, 0.2) is 0 Å². The van der Waals surface area contributed by atoms with Gasteiger partial charge < -0.3 is 13.6 Å². The van der Waals surface area contributed by atoms with Gasteiger partial charge in [0, 0.05) is 11.1 Å². The van der Waals surface area contributed by atoms with E-state index in [-0.39, 0.29) is 5.25 Å². The zero-order chi connectivity index (χ0) is 19.5. The van der Waals surface area contributed by atoms with E-state index >= 15 is 0 Å². The topological polar surface area (TPSA) is 87.1 Å². The van der Waals surface area contributed by atoms with Crippen LogP contribution in [-0.2, 0) is 0 Å². The lowest BCUT2D eigenvalue weighted by Gasteiger charge is -2.02. The third kappa shape index (κ3) is 3.91. The van der Waals surface area contributed by atoms with E-state index in [9.17, 15) is 0 Å². The van der Waals surface area contributed by atoms with Crippen LogP contribution in [0.4, 0.5) is 0 Å². The summed E-state index contributed by atoms with van der Waals surface area (Å²) in [5.41, 5.74) is 2.89. The number of thioether (sulfide) groups is 1. The highest BCUT2D eigenvalue weighted by Gasteiger charge is 2.20. The lowest BCUT2D eigenvalue weighted by atomic mass is 10.1. The highest BCUT2D eigenvalue weighted by Crippen LogP contribution is 2.35. The molecule has 8 heteroatoms. The Hall–Kier alpha value is -3.13. The van der Waals surface area contributed by atoms with Gasteiger partial charge in [0.2, 0.25) is 17.7 Å². The smallest absolute Gasteiger partial charge is 0.277 e. The average molecular weight is 394 g/mol. The number of hydrogen-bond donors (Lipinski definition) is 0. The van der Waals surface area contributed by atoms with Gasteiger partial charge in [-0.05, 0) is 50.2 Å². The van der Waals surface area contributed by atoms with Crippen LogP contribution in [0.25, 0.3) is 22.9 Å². The first-order chi connectivity index (χ1) is 13.6. The molecule has 0 unspecified atom stereocenters. The van der Waals surface area contributed by atoms with Gasteiger partial charge in [-0.1, -0.05) is 29.5 Å². The second-order valence-electron chi connectivity index (χ2n) is 6.17. The molecule has 4 rings (SSSR count). The SMILES string of the molecule is COc1ccc(-c2nnc([C@@H](C)Sc3nnc(-c4ccc(C)cc4)o3)o2)cc1. The first-order valence-electron chi connectivity index (χ1n) is 8.67. The van der Waals surface area contributed by atoms with Crippen molar-refractivity contribution >= 4 is 11.8 Å². The Morgan fingerprint density at radius 2 is 1.43 bits per heavy atom. The Labute approximate surface area is 166 Å². The van der Waals surface area contributed by atoms with Crippen LogP contribution in [0.15, 0.2) is 62.6 Å². The minimum atomic E-state index is -0.134. The monoisotopic (exact) mass is 394 g/mol. The molecule has 28 heavy (non-hydrogen) atoms. The molecule has 0 saturated carbocycles. The van der Waals surface area contributed by atoms with Crippen molar-refractivity contribution in [1.82, 2.24) is 20.4 Å². The van der Waals surface area contributed by atoms with Crippen LogP contribution in [0.1, 0.15) is 23.6 Å². The van der Waals surface area contributed by atoms with Crippen molar-refractivity contribution in [3.05, 3.63) is 60.0 Å². The summed E-state index contributed by atoms with van der Waals surface area (Å²) in [6.45, 7) is 3.98. The molecule has 0 bridgehead atoms. The Morgan fingerprint density at radius 3 is 2.11 bits per heavy atom. The Bertz CT molecular complexity index is 1060. The standard InChI is InChI=1S/C20H18N4O3S/c1-12-4-6-14(7-5-12)19-23-24-20(27-19)28-13(2)17-21-22-18(26-17)15-8-10-16(25-3)11-9-15/h4-11,13H,1-3H3/t13-/m1/s1. The zero-order valence-corrected chi connectivity index (χ0v) is 16.4. The van der Waals surface area contributed by atoms with Gasteiger partial charge in [-0.25, -0.2) is 0 Å². The lowest BCUT2D eigenvalue weighted by Crippen LogP contribution is -1.88. The Balaban J connectivity index is 1.46. The van der Waals surface area contributed by atoms with E-state index in [0.29, 0.717) is 22.9 Å². The highest BCUT2D eigenvalue weighted by atomic mass is 32.2. The minimum absolute atomic E-state index is 0.134. The summed E-state index contributed by atoms with van der Waals surface area (Å²) < 4.78 is 16.7. The molecule has 0 aliphatic carbocycles. The molecule has 2 aromatic heterocycles. The first-order valence-corrected chi connectivity index (χ1v) is 9.55. The summed E-state index contributed by atoms with van der Waals surface area (Å²) in [7, 11) is 1.63. The summed E-state index contributed by atoms with van der Waals surface area (Å²) in [6.07, 6.45) is 0. The van der Waals surface area contributed by atoms with Crippen LogP contribution < -0.4 is 4.74 Å². The van der Waals surface area contributed by atoms with E-state index in [1.54, 1.807) is 7.11 Å². The maximum atomic E-state index is 5.81. The van der Waals surface area contributed by atoms with Gasteiger partial charge in [0.25, 0.3) is 5.22 Å². The zero-order valence-electron chi connectivity index (χ0n) is 15.6. The van der Waals surface area contributed by atoms with Crippen LogP contribution in [-0.4, -0.2) is 27.5 Å². The molecule has 0 amide bonds. The van der Waals surface area contributed by atoms with E-state index in [1.165, 1.54) is 17.3 Å². The lowest BCUT2D eigenvalue weighted by molar-refractivity contribution is 0.415. The van der Waals surface area contributed by atoms with E-state index in [0.717, 1.165) is 16.9 Å². The maximum absolute atomic E-state index is 5.81. The van der Waals surface area contributed by atoms with Crippen LogP contribution in [0, 0.1) is 6.92 Å². The number of hydrogen-bond acceptors (Lipinski definition) is 8. The van der Waals surface area contributed by atoms with Crippen molar-refractivity contribution in [1.29, 1.82) is 0 Å². The van der Waals surface area contributed by atoms with Crippen molar-refractivity contribution in [3.63, 3.8) is 0 Å². The quantitative estimate of drug-likeness (QED) is 0.424. The number of nitrogens with zero attached hydrogens (tertiary/aromatic N) is 4. The third-order valence-corrected chi connectivity index (χ3v) is 5.03. The van der Waals surface area contributed by atoms with Gasteiger partial charge >= 0.3 is 0 Å². The second kappa shape index (κ2) is 7.85. The summed E-state index contributed by atoms with van der Waals surface area (Å²) in [6, 6.07) is 15.4. The van der Waals surface area contributed by atoms with Gasteiger partial charge in [-0.3, -0.25) is 0 Å². The van der Waals surface area contributed by atoms with Crippen LogP contribution >= 0.6 is 11.8 Å². The fraction of sp³-hybridized carbons (Fsp3) is 0.200. The number of aryl methyl sites for hydroxylation is 1. The predicted molar refractivity (Wildman–Crippen MR) is 105 cm³/mol. The summed E-state index contributed by atoms with van der Waals surface area (Å²) in [5.74, 6) is 2.20. The van der Waals surface area contributed by atoms with Crippen LogP contribution in [0.2, 0.25) is 0 Å². The molecule has 0 aliphatic rings. The molecule has 0 radical (unpaired) electrons. The molecule has 2 aromatic carbocycles. The molecular weight excluding hydrogens is 376 g/mol. The van der Waals surface area contributed by atoms with Crippen molar-refractivity contribution in [3.8, 4) is 28.7 Å². The molecule has 7 nitrogen and oxygen atoms in total. The van der Waals surface area contributed by atoms with E-state index in [1.807, 2.05) is 62.4 Å². The van der Waals surface area contributed by atoms with Gasteiger partial charge in [-0.2, -0.15) is 0 Å². The van der Waals surface area contributed by atoms with E-state index in [4.69, 9.17) is 13.6 Å². The molecule has 4 aromatic rings. The fourth-order valence-corrected chi connectivity index (χ4v) is 3.23. The number of methoxy groups -OCH3 is 1. The molecule has 142 valence electrons. The van der Waals surface area contributed by atoms with Crippen LogP contribution in [0.3, 0.4) is 0 Å². The minimum Gasteiger partial charge on any atom is -0.497 e. The molecule has 0 N–H and O–H groups in total. The first kappa shape index (κ1) is 18.2. The van der Waals surface area contributed by atoms with E-state index < -0.39 is 0 Å². The van der Waals surface area contributed by atoms with Crippen molar-refractivity contribution in [2.45, 2.75) is 24.3 Å².